The Morgan fingerprint density at radius 1 is 0.929 bits per heavy atom. The molecule has 0 aromatic heterocycles. The van der Waals surface area contributed by atoms with E-state index in [1.54, 1.807) is 12.1 Å². The number of carboxylic acids is 1. The molecule has 3 aromatic carbocycles. The topological polar surface area (TPSA) is 116 Å². The van der Waals surface area contributed by atoms with Gasteiger partial charge >= 0.3 is 75.0 Å². The fourth-order valence-electron chi connectivity index (χ4n) is 5.28. The number of hydrogen-bond acceptors (Lipinski definition) is 6. The molecular weight excluding hydrogens is 673 g/mol. The summed E-state index contributed by atoms with van der Waals surface area (Å²) in [6.07, 6.45) is 0.340. The van der Waals surface area contributed by atoms with E-state index in [-0.39, 0.29) is 112 Å². The van der Waals surface area contributed by atoms with Crippen molar-refractivity contribution in [2.75, 3.05) is 19.7 Å². The first-order chi connectivity index (χ1) is 19.6. The van der Waals surface area contributed by atoms with Crippen molar-refractivity contribution in [3.63, 3.8) is 0 Å². The number of amides is 1. The van der Waals surface area contributed by atoms with Gasteiger partial charge in [-0.1, -0.05) is 80.1 Å². The molecule has 0 heterocycles. The number of aliphatic carboxylic acids is 1. The summed E-state index contributed by atoms with van der Waals surface area (Å²) in [5.74, 6) is -1.57. The second kappa shape index (κ2) is 15.9. The minimum Gasteiger partial charge on any atom is -0.548 e. The molecule has 0 spiro atoms. The zero-order valence-electron chi connectivity index (χ0n) is 24.7. The van der Waals surface area contributed by atoms with E-state index in [1.807, 2.05) is 45.0 Å². The Kier molecular flexibility index (Phi) is 13.2. The smallest absolute Gasteiger partial charge is 0.548 e. The van der Waals surface area contributed by atoms with Crippen LogP contribution in [0, 0.1) is 12.8 Å². The Bertz CT molecular complexity index is 1430. The molecule has 0 bridgehead atoms. The molecule has 1 atom stereocenters. The van der Waals surface area contributed by atoms with Gasteiger partial charge in [0.25, 0.3) is 0 Å². The molecule has 218 valence electrons. The molecule has 1 aliphatic carbocycles. The number of nitrogens with zero attached hydrogens (tertiary/aromatic N) is 1. The zero-order chi connectivity index (χ0) is 29.6. The van der Waals surface area contributed by atoms with Crippen LogP contribution in [0.1, 0.15) is 55.7 Å². The van der Waals surface area contributed by atoms with Crippen LogP contribution in [0.3, 0.4) is 0 Å². The molecule has 42 heavy (non-hydrogen) atoms. The largest absolute Gasteiger partial charge is 1.00 e. The fourth-order valence-corrected chi connectivity index (χ4v) is 7.05. The Morgan fingerprint density at radius 2 is 1.50 bits per heavy atom. The third kappa shape index (κ3) is 8.50. The summed E-state index contributed by atoms with van der Waals surface area (Å²) in [6.45, 7) is 6.04. The van der Waals surface area contributed by atoms with E-state index in [2.05, 4.69) is 29.6 Å². The van der Waals surface area contributed by atoms with E-state index in [4.69, 9.17) is 4.74 Å². The van der Waals surface area contributed by atoms with Crippen LogP contribution in [-0.2, 0) is 19.6 Å². The van der Waals surface area contributed by atoms with Crippen LogP contribution < -0.4 is 79.3 Å². The minimum atomic E-state index is -4.05. The molecule has 0 saturated heterocycles. The van der Waals surface area contributed by atoms with Gasteiger partial charge in [-0.05, 0) is 66.5 Å². The summed E-state index contributed by atoms with van der Waals surface area (Å²) in [4.78, 5) is 24.6. The van der Waals surface area contributed by atoms with Crippen molar-refractivity contribution in [3.05, 3.63) is 89.5 Å². The summed E-state index contributed by atoms with van der Waals surface area (Å²) >= 11 is 0. The maximum absolute atomic E-state index is 13.4. The van der Waals surface area contributed by atoms with Gasteiger partial charge in [-0.3, -0.25) is 0 Å². The molecule has 4 rings (SSSR count). The number of benzene rings is 3. The molecule has 1 amide bonds. The Labute approximate surface area is 307 Å². The number of carbonyl (C=O) groups excluding carboxylic acids is 2. The average molecular weight is 711 g/mol. The number of carbonyl (C=O) groups is 2. The number of aryl methyl sites for hydroxylation is 1. The maximum Gasteiger partial charge on any atom is 1.00 e. The van der Waals surface area contributed by atoms with E-state index in [0.29, 0.717) is 12.8 Å². The molecule has 0 fully saturated rings. The molecule has 1 aliphatic rings. The monoisotopic (exact) mass is 710 g/mol. The number of nitrogens with one attached hydrogen (secondary N) is 1. The van der Waals surface area contributed by atoms with Gasteiger partial charge in [0.05, 0.1) is 16.9 Å². The standard InChI is InChI=1S/C32H38N2O6S.Cs/c1-22(2)20-34(41(38,39)24-17-15-23(3)16-18-24)30(31(35)36)14-8-9-19-33-32(37)40-21-29-27-12-6-4-10-25(27)26-11-5-7-13-28(26)29;/h4-7,10-13,15-18,22,29-30H,8-9,14,19-21H2,1-3H3,(H,33,37)(H,35,36);/q;+1/p-1/t30-;/m0./s1. The van der Waals surface area contributed by atoms with E-state index in [9.17, 15) is 23.1 Å². The van der Waals surface area contributed by atoms with Crippen LogP contribution in [0.2, 0.25) is 0 Å². The number of rotatable bonds is 13. The Hall–Kier alpha value is -1.64. The number of hydrogen-bond donors (Lipinski definition) is 1. The first-order valence-corrected chi connectivity index (χ1v) is 15.4. The summed E-state index contributed by atoms with van der Waals surface area (Å²) in [7, 11) is -4.05. The van der Waals surface area contributed by atoms with Crippen LogP contribution in [0.15, 0.2) is 77.7 Å². The second-order valence-electron chi connectivity index (χ2n) is 10.9. The third-order valence-electron chi connectivity index (χ3n) is 7.31. The van der Waals surface area contributed by atoms with Crippen molar-refractivity contribution in [2.45, 2.75) is 56.9 Å². The Morgan fingerprint density at radius 3 is 2.05 bits per heavy atom. The molecule has 0 aliphatic heterocycles. The molecule has 0 saturated carbocycles. The summed E-state index contributed by atoms with van der Waals surface area (Å²) in [5.41, 5.74) is 5.45. The summed E-state index contributed by atoms with van der Waals surface area (Å²) in [5, 5.41) is 14.8. The molecular formula is C32H37CsN2O6S. The van der Waals surface area contributed by atoms with E-state index in [0.717, 1.165) is 32.1 Å². The van der Waals surface area contributed by atoms with Gasteiger partial charge in [0.1, 0.15) is 6.61 Å². The van der Waals surface area contributed by atoms with Gasteiger partial charge in [-0.2, -0.15) is 4.31 Å². The normalized spacial score (nSPS) is 13.3. The number of ether oxygens (including phenoxy) is 1. The first-order valence-electron chi connectivity index (χ1n) is 14.0. The molecule has 1 N–H and O–H groups in total. The zero-order valence-corrected chi connectivity index (χ0v) is 31.8. The molecule has 10 heteroatoms. The number of unbranched alkanes of at least 4 members (excludes halogenated alkanes) is 1. The number of carboxylic acid groups (broad SMARTS) is 1. The molecule has 8 nitrogen and oxygen atoms in total. The van der Waals surface area contributed by atoms with Gasteiger partial charge in [0.15, 0.2) is 0 Å². The van der Waals surface area contributed by atoms with Gasteiger partial charge < -0.3 is 20.0 Å². The summed E-state index contributed by atoms with van der Waals surface area (Å²) in [6, 6.07) is 21.2. The van der Waals surface area contributed by atoms with Crippen LogP contribution in [0.5, 0.6) is 0 Å². The average Bonchev–Trinajstić information content (AvgIpc) is 3.26. The van der Waals surface area contributed by atoms with Crippen molar-refractivity contribution >= 4 is 22.1 Å². The van der Waals surface area contributed by atoms with Crippen molar-refractivity contribution in [1.29, 1.82) is 0 Å². The van der Waals surface area contributed by atoms with Gasteiger partial charge in [0, 0.05) is 19.0 Å². The SMILES string of the molecule is Cc1ccc(S(=O)(=O)N(CC(C)C)[C@@H](CCCCNC(=O)OCC2c3ccccc3-c3ccccc32)C(=O)[O-])cc1.[Cs+]. The summed E-state index contributed by atoms with van der Waals surface area (Å²) < 4.78 is 33.4. The van der Waals surface area contributed by atoms with Crippen LogP contribution in [0.25, 0.3) is 11.1 Å². The van der Waals surface area contributed by atoms with Gasteiger partial charge in [-0.25, -0.2) is 13.2 Å². The van der Waals surface area contributed by atoms with Crippen LogP contribution in [-0.4, -0.2) is 50.5 Å². The fraction of sp³-hybridized carbons (Fsp3) is 0.375. The van der Waals surface area contributed by atoms with Crippen LogP contribution >= 0.6 is 0 Å². The predicted molar refractivity (Wildman–Crippen MR) is 156 cm³/mol. The number of sulfonamides is 1. The van der Waals surface area contributed by atoms with Crippen LogP contribution in [0.4, 0.5) is 4.79 Å². The van der Waals surface area contributed by atoms with E-state index in [1.165, 1.54) is 12.1 Å². The number of alkyl carbamates (subject to hydrolysis) is 1. The maximum atomic E-state index is 13.4. The molecule has 3 aromatic rings. The van der Waals surface area contributed by atoms with Crippen molar-refractivity contribution in [1.82, 2.24) is 9.62 Å². The molecule has 0 radical (unpaired) electrons. The third-order valence-corrected chi connectivity index (χ3v) is 9.20. The quantitative estimate of drug-likeness (QED) is 0.269. The predicted octanol–water partition coefficient (Wildman–Crippen LogP) is 1.47. The van der Waals surface area contributed by atoms with Gasteiger partial charge in [-0.15, -0.1) is 0 Å². The van der Waals surface area contributed by atoms with Crippen molar-refractivity contribution < 1.29 is 96.7 Å². The number of fused-ring (bicyclic) bond motifs is 3. The van der Waals surface area contributed by atoms with Crippen molar-refractivity contribution in [3.8, 4) is 11.1 Å². The minimum absolute atomic E-state index is 0. The molecule has 0 unspecified atom stereocenters. The second-order valence-corrected chi connectivity index (χ2v) is 12.8. The van der Waals surface area contributed by atoms with E-state index >= 15 is 0 Å². The Balaban J connectivity index is 0.00000484. The van der Waals surface area contributed by atoms with Gasteiger partial charge in [0.2, 0.25) is 10.0 Å². The van der Waals surface area contributed by atoms with Crippen molar-refractivity contribution in [2.24, 2.45) is 5.92 Å². The first kappa shape index (κ1) is 34.8. The van der Waals surface area contributed by atoms with E-state index < -0.39 is 28.1 Å².